The largest absolute Gasteiger partial charge is 0.490 e. The molecule has 5 nitrogen and oxygen atoms in total. The number of aryl methyl sites for hydroxylation is 2. The summed E-state index contributed by atoms with van der Waals surface area (Å²) in [5.74, 6) is 1.02. The maximum Gasteiger partial charge on any atom is 0.287 e. The Morgan fingerprint density at radius 3 is 2.73 bits per heavy atom. The van der Waals surface area contributed by atoms with Crippen molar-refractivity contribution in [3.05, 3.63) is 82.2 Å². The second-order valence-corrected chi connectivity index (χ2v) is 8.77. The molecule has 0 atom stereocenters. The fourth-order valence-electron chi connectivity index (χ4n) is 2.85. The molecule has 2 aromatic carbocycles. The molecule has 0 aliphatic rings. The lowest BCUT2D eigenvalue weighted by atomic mass is 10.1. The van der Waals surface area contributed by atoms with Crippen LogP contribution in [0.15, 0.2) is 64.7 Å². The first kappa shape index (κ1) is 22.1. The van der Waals surface area contributed by atoms with Gasteiger partial charge in [0.05, 0.1) is 5.60 Å². The first-order valence-electron chi connectivity index (χ1n) is 9.64. The Morgan fingerprint density at radius 1 is 1.23 bits per heavy atom. The highest BCUT2D eigenvalue weighted by molar-refractivity contribution is 7.99. The van der Waals surface area contributed by atoms with E-state index in [1.54, 1.807) is 49.0 Å². The van der Waals surface area contributed by atoms with E-state index in [-0.39, 0.29) is 18.0 Å². The molecule has 158 valence electrons. The van der Waals surface area contributed by atoms with Crippen molar-refractivity contribution in [2.45, 2.75) is 37.8 Å². The zero-order valence-corrected chi connectivity index (χ0v) is 18.1. The smallest absolute Gasteiger partial charge is 0.287 e. The van der Waals surface area contributed by atoms with Crippen LogP contribution in [0.5, 0.6) is 5.75 Å². The highest BCUT2D eigenvalue weighted by Gasteiger charge is 2.15. The third-order valence-corrected chi connectivity index (χ3v) is 5.31. The van der Waals surface area contributed by atoms with Gasteiger partial charge in [-0.25, -0.2) is 9.37 Å². The van der Waals surface area contributed by atoms with E-state index in [2.05, 4.69) is 4.98 Å². The molecular weight excluding hydrogens is 403 g/mol. The average Bonchev–Trinajstić information content (AvgIpc) is 2.68. The van der Waals surface area contributed by atoms with E-state index < -0.39 is 5.60 Å². The van der Waals surface area contributed by atoms with Gasteiger partial charge in [0.1, 0.15) is 18.2 Å². The lowest BCUT2D eigenvalue weighted by molar-refractivity contribution is 0.0282. The summed E-state index contributed by atoms with van der Waals surface area (Å²) in [6, 6.07) is 11.9. The monoisotopic (exact) mass is 428 g/mol. The topological polar surface area (TPSA) is 64.4 Å². The van der Waals surface area contributed by atoms with Crippen LogP contribution < -0.4 is 10.3 Å². The Kier molecular flexibility index (Phi) is 6.95. The molecule has 30 heavy (non-hydrogen) atoms. The molecule has 1 aromatic heterocycles. The highest BCUT2D eigenvalue weighted by atomic mass is 32.2. The summed E-state index contributed by atoms with van der Waals surface area (Å²) in [6.07, 6.45) is 3.87. The van der Waals surface area contributed by atoms with E-state index in [1.807, 2.05) is 19.1 Å². The fraction of sp³-hybridized carbons (Fsp3) is 0.304. The van der Waals surface area contributed by atoms with Gasteiger partial charge in [-0.2, -0.15) is 0 Å². The molecular formula is C23H25FN2O3S. The number of nitrogens with zero attached hydrogens (tertiary/aromatic N) is 2. The van der Waals surface area contributed by atoms with Crippen LogP contribution in [0.3, 0.4) is 0 Å². The average molecular weight is 429 g/mol. The number of aliphatic hydroxyl groups is 1. The minimum absolute atomic E-state index is 0.175. The molecule has 3 aromatic rings. The Morgan fingerprint density at radius 2 is 2.03 bits per heavy atom. The lowest BCUT2D eigenvalue weighted by Gasteiger charge is -2.19. The Bertz CT molecular complexity index is 1080. The minimum atomic E-state index is -0.926. The van der Waals surface area contributed by atoms with Crippen LogP contribution in [0.2, 0.25) is 0 Å². The fourth-order valence-corrected chi connectivity index (χ4v) is 3.74. The first-order valence-corrected chi connectivity index (χ1v) is 10.6. The predicted molar refractivity (Wildman–Crippen MR) is 117 cm³/mol. The molecule has 0 saturated carbocycles. The number of rotatable bonds is 8. The van der Waals surface area contributed by atoms with Crippen LogP contribution in [0.1, 0.15) is 25.0 Å². The number of hydrogen-bond donors (Lipinski definition) is 1. The van der Waals surface area contributed by atoms with Crippen molar-refractivity contribution in [1.82, 2.24) is 9.55 Å². The number of aromatic nitrogens is 2. The van der Waals surface area contributed by atoms with Crippen molar-refractivity contribution in [2.75, 3.05) is 12.4 Å². The SMILES string of the molecule is Cc1cc(-n2ccnc(SCCc3cccc(F)c3)c2=O)ccc1OCC(C)(C)O. The molecule has 0 bridgehead atoms. The van der Waals surface area contributed by atoms with Crippen molar-refractivity contribution in [3.63, 3.8) is 0 Å². The molecule has 1 heterocycles. The quantitative estimate of drug-likeness (QED) is 0.546. The standard InChI is InChI=1S/C23H25FN2O3S/c1-16-13-19(7-8-20(16)29-15-23(2,3)28)26-11-10-25-21(22(26)27)30-12-9-17-5-4-6-18(24)14-17/h4-8,10-11,13-14,28H,9,12,15H2,1-3H3. The number of hydrogen-bond acceptors (Lipinski definition) is 5. The van der Waals surface area contributed by atoms with Crippen molar-refractivity contribution in [1.29, 1.82) is 0 Å². The van der Waals surface area contributed by atoms with Gasteiger partial charge in [0.2, 0.25) is 0 Å². The van der Waals surface area contributed by atoms with Gasteiger partial charge < -0.3 is 9.84 Å². The summed E-state index contributed by atoms with van der Waals surface area (Å²) < 4.78 is 20.5. The molecule has 0 amide bonds. The van der Waals surface area contributed by atoms with Gasteiger partial charge in [0.15, 0.2) is 5.03 Å². The summed E-state index contributed by atoms with van der Waals surface area (Å²) in [5, 5.41) is 10.2. The summed E-state index contributed by atoms with van der Waals surface area (Å²) in [4.78, 5) is 17.1. The highest BCUT2D eigenvalue weighted by Crippen LogP contribution is 2.22. The van der Waals surface area contributed by atoms with E-state index in [0.29, 0.717) is 28.6 Å². The van der Waals surface area contributed by atoms with E-state index >= 15 is 0 Å². The third kappa shape index (κ3) is 5.93. The third-order valence-electron chi connectivity index (χ3n) is 4.35. The van der Waals surface area contributed by atoms with E-state index in [1.165, 1.54) is 23.9 Å². The maximum absolute atomic E-state index is 13.3. The van der Waals surface area contributed by atoms with Gasteiger partial charge in [0.25, 0.3) is 5.56 Å². The molecule has 0 aliphatic heterocycles. The molecule has 0 aliphatic carbocycles. The van der Waals surface area contributed by atoms with Crippen LogP contribution in [-0.4, -0.2) is 32.6 Å². The zero-order chi connectivity index (χ0) is 21.7. The minimum Gasteiger partial charge on any atom is -0.490 e. The van der Waals surface area contributed by atoms with Gasteiger partial charge in [-0.15, -0.1) is 11.8 Å². The van der Waals surface area contributed by atoms with E-state index in [0.717, 1.165) is 11.1 Å². The van der Waals surface area contributed by atoms with Crippen molar-refractivity contribution in [3.8, 4) is 11.4 Å². The number of benzene rings is 2. The first-order chi connectivity index (χ1) is 14.2. The molecule has 0 unspecified atom stereocenters. The van der Waals surface area contributed by atoms with E-state index in [4.69, 9.17) is 4.74 Å². The molecule has 3 rings (SSSR count). The van der Waals surface area contributed by atoms with Gasteiger partial charge in [-0.3, -0.25) is 9.36 Å². The molecule has 0 saturated heterocycles. The number of thioether (sulfide) groups is 1. The maximum atomic E-state index is 13.3. The van der Waals surface area contributed by atoms with Gasteiger partial charge in [-0.1, -0.05) is 12.1 Å². The normalized spacial score (nSPS) is 11.5. The van der Waals surface area contributed by atoms with Crippen LogP contribution in [-0.2, 0) is 6.42 Å². The van der Waals surface area contributed by atoms with Crippen LogP contribution in [0.4, 0.5) is 4.39 Å². The number of halogens is 1. The molecule has 0 fully saturated rings. The van der Waals surface area contributed by atoms with Crippen molar-refractivity contribution < 1.29 is 14.2 Å². The summed E-state index contributed by atoms with van der Waals surface area (Å²) in [5.41, 5.74) is 1.33. The lowest BCUT2D eigenvalue weighted by Crippen LogP contribution is -2.28. The Balaban J connectivity index is 1.72. The van der Waals surface area contributed by atoms with Crippen LogP contribution >= 0.6 is 11.8 Å². The second-order valence-electron chi connectivity index (χ2n) is 7.69. The van der Waals surface area contributed by atoms with Crippen molar-refractivity contribution >= 4 is 11.8 Å². The van der Waals surface area contributed by atoms with Gasteiger partial charge >= 0.3 is 0 Å². The van der Waals surface area contributed by atoms with E-state index in [9.17, 15) is 14.3 Å². The summed E-state index contributed by atoms with van der Waals surface area (Å²) >= 11 is 1.36. The Hall–Kier alpha value is -2.64. The molecule has 1 N–H and O–H groups in total. The predicted octanol–water partition coefficient (Wildman–Crippen LogP) is 4.16. The Labute approximate surface area is 179 Å². The van der Waals surface area contributed by atoms with Gasteiger partial charge in [0, 0.05) is 23.8 Å². The summed E-state index contributed by atoms with van der Waals surface area (Å²) in [6.45, 7) is 5.43. The zero-order valence-electron chi connectivity index (χ0n) is 17.3. The number of ether oxygens (including phenoxy) is 1. The van der Waals surface area contributed by atoms with Gasteiger partial charge in [-0.05, 0) is 68.7 Å². The van der Waals surface area contributed by atoms with Crippen LogP contribution in [0, 0.1) is 12.7 Å². The van der Waals surface area contributed by atoms with Crippen LogP contribution in [0.25, 0.3) is 5.69 Å². The molecule has 0 radical (unpaired) electrons. The molecule has 7 heteroatoms. The van der Waals surface area contributed by atoms with Crippen molar-refractivity contribution in [2.24, 2.45) is 0 Å². The summed E-state index contributed by atoms with van der Waals surface area (Å²) in [7, 11) is 0. The second kappa shape index (κ2) is 9.45. The molecule has 0 spiro atoms.